The maximum Gasteiger partial charge on any atom is 0.0598 e. The van der Waals surface area contributed by atoms with Gasteiger partial charge in [0.2, 0.25) is 0 Å². The van der Waals surface area contributed by atoms with Crippen LogP contribution in [0.5, 0.6) is 0 Å². The van der Waals surface area contributed by atoms with E-state index >= 15 is 0 Å². The van der Waals surface area contributed by atoms with Gasteiger partial charge in [0.15, 0.2) is 0 Å². The van der Waals surface area contributed by atoms with Crippen molar-refractivity contribution in [3.63, 3.8) is 0 Å². The van der Waals surface area contributed by atoms with Crippen molar-refractivity contribution < 1.29 is 5.11 Å². The lowest BCUT2D eigenvalue weighted by Gasteiger charge is -2.14. The molecular formula is C13H21NO. The highest BCUT2D eigenvalue weighted by molar-refractivity contribution is 5.12. The maximum atomic E-state index is 9.83. The third-order valence-electron chi connectivity index (χ3n) is 2.79. The summed E-state index contributed by atoms with van der Waals surface area (Å²) in [5, 5.41) is 9.83. The van der Waals surface area contributed by atoms with E-state index in [1.54, 1.807) is 0 Å². The van der Waals surface area contributed by atoms with Gasteiger partial charge in [-0.2, -0.15) is 0 Å². The van der Waals surface area contributed by atoms with Crippen LogP contribution < -0.4 is 0 Å². The highest BCUT2D eigenvalue weighted by atomic mass is 16.3. The fourth-order valence-corrected chi connectivity index (χ4v) is 1.58. The average molecular weight is 207 g/mol. The molecule has 1 N–H and O–H groups in total. The summed E-state index contributed by atoms with van der Waals surface area (Å²) in [6.07, 6.45) is 4.26. The van der Waals surface area contributed by atoms with Gasteiger partial charge in [0.05, 0.1) is 6.10 Å². The van der Waals surface area contributed by atoms with Crippen molar-refractivity contribution in [2.24, 2.45) is 5.92 Å². The maximum absolute atomic E-state index is 9.83. The highest BCUT2D eigenvalue weighted by Gasteiger charge is 2.10. The molecule has 0 saturated carbocycles. The van der Waals surface area contributed by atoms with Crippen LogP contribution in [0.1, 0.15) is 37.9 Å². The largest absolute Gasteiger partial charge is 0.393 e. The van der Waals surface area contributed by atoms with E-state index in [1.165, 1.54) is 0 Å². The molecule has 0 spiro atoms. The number of hydrogen-bond acceptors (Lipinski definition) is 2. The molecule has 84 valence electrons. The van der Waals surface area contributed by atoms with E-state index in [0.29, 0.717) is 12.3 Å². The molecule has 15 heavy (non-hydrogen) atoms. The molecule has 0 saturated heterocycles. The van der Waals surface area contributed by atoms with Gasteiger partial charge < -0.3 is 5.11 Å². The van der Waals surface area contributed by atoms with Gasteiger partial charge in [-0.15, -0.1) is 0 Å². The Labute approximate surface area is 92.4 Å². The van der Waals surface area contributed by atoms with E-state index in [2.05, 4.69) is 18.8 Å². The van der Waals surface area contributed by atoms with Gasteiger partial charge in [0.25, 0.3) is 0 Å². The molecule has 0 amide bonds. The molecule has 0 radical (unpaired) electrons. The normalized spacial score (nSPS) is 14.9. The van der Waals surface area contributed by atoms with Crippen LogP contribution >= 0.6 is 0 Å². The van der Waals surface area contributed by atoms with Crippen molar-refractivity contribution in [3.8, 4) is 0 Å². The number of aliphatic hydroxyl groups is 1. The van der Waals surface area contributed by atoms with Crippen molar-refractivity contribution in [2.45, 2.75) is 46.1 Å². The Hall–Kier alpha value is -0.890. The van der Waals surface area contributed by atoms with Gasteiger partial charge in [0, 0.05) is 18.3 Å². The molecule has 1 aromatic rings. The lowest BCUT2D eigenvalue weighted by molar-refractivity contribution is 0.143. The number of nitrogens with zero attached hydrogens (tertiary/aromatic N) is 1. The van der Waals surface area contributed by atoms with Crippen molar-refractivity contribution in [1.82, 2.24) is 4.98 Å². The molecule has 0 aromatic carbocycles. The van der Waals surface area contributed by atoms with Crippen LogP contribution in [0.25, 0.3) is 0 Å². The fraction of sp³-hybridized carbons (Fsp3) is 0.615. The second-order valence-corrected chi connectivity index (χ2v) is 4.43. The zero-order chi connectivity index (χ0) is 11.3. The zero-order valence-corrected chi connectivity index (χ0v) is 9.90. The van der Waals surface area contributed by atoms with Gasteiger partial charge in [-0.25, -0.2) is 0 Å². The summed E-state index contributed by atoms with van der Waals surface area (Å²) in [6, 6.07) is 4.04. The van der Waals surface area contributed by atoms with Crippen LogP contribution in [0.2, 0.25) is 0 Å². The molecule has 1 aromatic heterocycles. The molecule has 2 nitrogen and oxygen atoms in total. The van der Waals surface area contributed by atoms with E-state index in [9.17, 15) is 5.11 Å². The topological polar surface area (TPSA) is 33.1 Å². The predicted octanol–water partition coefficient (Wildman–Crippen LogP) is 2.73. The Balaban J connectivity index is 2.44. The molecule has 0 bridgehead atoms. The fourth-order valence-electron chi connectivity index (χ4n) is 1.58. The first-order valence-electron chi connectivity index (χ1n) is 5.71. The SMILES string of the molecule is CCC(C)CC(O)Cc1ccc(C)cn1. The summed E-state index contributed by atoms with van der Waals surface area (Å²) in [5.74, 6) is 0.588. The van der Waals surface area contributed by atoms with Crippen LogP contribution in [0, 0.1) is 12.8 Å². The molecule has 0 aliphatic heterocycles. The molecule has 1 rings (SSSR count). The first-order chi connectivity index (χ1) is 7.11. The minimum Gasteiger partial charge on any atom is -0.393 e. The van der Waals surface area contributed by atoms with Gasteiger partial charge in [-0.1, -0.05) is 26.3 Å². The summed E-state index contributed by atoms with van der Waals surface area (Å²) in [6.45, 7) is 6.35. The van der Waals surface area contributed by atoms with E-state index in [4.69, 9.17) is 0 Å². The third-order valence-corrected chi connectivity index (χ3v) is 2.79. The summed E-state index contributed by atoms with van der Waals surface area (Å²) < 4.78 is 0. The molecule has 2 heteroatoms. The quantitative estimate of drug-likeness (QED) is 0.805. The Bertz CT molecular complexity index is 281. The minimum absolute atomic E-state index is 0.254. The Morgan fingerprint density at radius 1 is 1.40 bits per heavy atom. The van der Waals surface area contributed by atoms with Gasteiger partial charge in [-0.3, -0.25) is 4.98 Å². The third kappa shape index (κ3) is 4.43. The Kier molecular flexibility index (Phi) is 4.76. The standard InChI is InChI=1S/C13H21NO/c1-4-10(2)7-13(15)8-12-6-5-11(3)9-14-12/h5-6,9-10,13,15H,4,7-8H2,1-3H3. The first kappa shape index (κ1) is 12.2. The number of aryl methyl sites for hydroxylation is 1. The van der Waals surface area contributed by atoms with Crippen LogP contribution in [0.15, 0.2) is 18.3 Å². The van der Waals surface area contributed by atoms with Crippen LogP contribution in [-0.4, -0.2) is 16.2 Å². The van der Waals surface area contributed by atoms with E-state index in [0.717, 1.165) is 24.1 Å². The van der Waals surface area contributed by atoms with E-state index in [-0.39, 0.29) is 6.10 Å². The summed E-state index contributed by atoms with van der Waals surface area (Å²) >= 11 is 0. The number of pyridine rings is 1. The van der Waals surface area contributed by atoms with Crippen molar-refractivity contribution >= 4 is 0 Å². The Morgan fingerprint density at radius 3 is 2.67 bits per heavy atom. The number of aromatic nitrogens is 1. The molecule has 0 aliphatic carbocycles. The average Bonchev–Trinajstić information content (AvgIpc) is 2.21. The van der Waals surface area contributed by atoms with Crippen LogP contribution in [0.3, 0.4) is 0 Å². The molecule has 2 unspecified atom stereocenters. The van der Waals surface area contributed by atoms with Gasteiger partial charge in [-0.05, 0) is 30.9 Å². The molecule has 0 fully saturated rings. The van der Waals surface area contributed by atoms with Crippen molar-refractivity contribution in [3.05, 3.63) is 29.6 Å². The lowest BCUT2D eigenvalue weighted by atomic mass is 9.98. The van der Waals surface area contributed by atoms with Crippen LogP contribution in [0.4, 0.5) is 0 Å². The second kappa shape index (κ2) is 5.86. The van der Waals surface area contributed by atoms with Crippen molar-refractivity contribution in [1.29, 1.82) is 0 Å². The van der Waals surface area contributed by atoms with Gasteiger partial charge >= 0.3 is 0 Å². The molecule has 0 aliphatic rings. The minimum atomic E-state index is -0.254. The summed E-state index contributed by atoms with van der Waals surface area (Å²) in [5.41, 5.74) is 2.14. The monoisotopic (exact) mass is 207 g/mol. The van der Waals surface area contributed by atoms with Gasteiger partial charge in [0.1, 0.15) is 0 Å². The number of aliphatic hydroxyl groups excluding tert-OH is 1. The van der Waals surface area contributed by atoms with E-state index < -0.39 is 0 Å². The number of hydrogen-bond donors (Lipinski definition) is 1. The van der Waals surface area contributed by atoms with Crippen molar-refractivity contribution in [2.75, 3.05) is 0 Å². The lowest BCUT2D eigenvalue weighted by Crippen LogP contribution is -2.15. The highest BCUT2D eigenvalue weighted by Crippen LogP contribution is 2.12. The molecule has 2 atom stereocenters. The summed E-state index contributed by atoms with van der Waals surface area (Å²) in [4.78, 5) is 4.29. The number of rotatable bonds is 5. The van der Waals surface area contributed by atoms with E-state index in [1.807, 2.05) is 25.3 Å². The molecule has 1 heterocycles. The Morgan fingerprint density at radius 2 is 2.13 bits per heavy atom. The zero-order valence-electron chi connectivity index (χ0n) is 9.90. The van der Waals surface area contributed by atoms with Crippen LogP contribution in [-0.2, 0) is 6.42 Å². The first-order valence-corrected chi connectivity index (χ1v) is 5.71. The second-order valence-electron chi connectivity index (χ2n) is 4.43. The molecular weight excluding hydrogens is 186 g/mol. The summed E-state index contributed by atoms with van der Waals surface area (Å²) in [7, 11) is 0. The predicted molar refractivity (Wildman–Crippen MR) is 62.8 cm³/mol. The smallest absolute Gasteiger partial charge is 0.0598 e.